The fourth-order valence-electron chi connectivity index (χ4n) is 2.97. The Bertz CT molecular complexity index is 414. The largest absolute Gasteiger partial charge is 0.326 e. The van der Waals surface area contributed by atoms with Crippen molar-refractivity contribution in [2.45, 2.75) is 43.4 Å². The number of hydrogen-bond donors (Lipinski definition) is 1. The Labute approximate surface area is 119 Å². The summed E-state index contributed by atoms with van der Waals surface area (Å²) in [7, 11) is 0. The van der Waals surface area contributed by atoms with Gasteiger partial charge in [-0.25, -0.2) is 4.39 Å². The molecule has 0 aromatic heterocycles. The van der Waals surface area contributed by atoms with Crippen LogP contribution in [0.25, 0.3) is 0 Å². The maximum Gasteiger partial charge on any atom is 0.128 e. The summed E-state index contributed by atoms with van der Waals surface area (Å²) in [5.41, 5.74) is 6.87. The van der Waals surface area contributed by atoms with E-state index in [1.807, 2.05) is 30.8 Å². The molecule has 1 fully saturated rings. The summed E-state index contributed by atoms with van der Waals surface area (Å²) < 4.78 is 14.1. The molecule has 1 saturated heterocycles. The van der Waals surface area contributed by atoms with Crippen LogP contribution in [0.4, 0.5) is 4.39 Å². The Hall–Kier alpha value is -0.580. The zero-order valence-corrected chi connectivity index (χ0v) is 12.7. The van der Waals surface area contributed by atoms with E-state index in [4.69, 9.17) is 5.73 Å². The van der Waals surface area contributed by atoms with E-state index in [-0.39, 0.29) is 17.9 Å². The van der Waals surface area contributed by atoms with Crippen LogP contribution in [0, 0.1) is 5.82 Å². The van der Waals surface area contributed by atoms with Gasteiger partial charge in [0.15, 0.2) is 0 Å². The number of hydrogen-bond acceptors (Lipinski definition) is 3. The average molecular weight is 282 g/mol. The molecule has 2 N–H and O–H groups in total. The Morgan fingerprint density at radius 2 is 1.84 bits per heavy atom. The maximum absolute atomic E-state index is 14.1. The third-order valence-electron chi connectivity index (χ3n) is 3.56. The van der Waals surface area contributed by atoms with Gasteiger partial charge in [0.05, 0.1) is 6.04 Å². The molecule has 0 spiro atoms. The van der Waals surface area contributed by atoms with E-state index in [1.54, 1.807) is 6.07 Å². The van der Waals surface area contributed by atoms with Crippen molar-refractivity contribution in [2.75, 3.05) is 13.1 Å². The van der Waals surface area contributed by atoms with Gasteiger partial charge >= 0.3 is 0 Å². The van der Waals surface area contributed by atoms with Gasteiger partial charge in [0.25, 0.3) is 0 Å². The first-order valence-electron chi connectivity index (χ1n) is 6.88. The fourth-order valence-corrected chi connectivity index (χ4v) is 4.32. The molecule has 2 rings (SSSR count). The normalized spacial score (nSPS) is 28.1. The van der Waals surface area contributed by atoms with Crippen molar-refractivity contribution in [3.63, 3.8) is 0 Å². The summed E-state index contributed by atoms with van der Waals surface area (Å²) in [5.74, 6) is -0.150. The molecule has 0 aliphatic carbocycles. The monoisotopic (exact) mass is 282 g/mol. The highest BCUT2D eigenvalue weighted by atomic mass is 32.2. The molecule has 2 nitrogen and oxygen atoms in total. The van der Waals surface area contributed by atoms with Gasteiger partial charge in [-0.2, -0.15) is 11.8 Å². The summed E-state index contributed by atoms with van der Waals surface area (Å²) in [4.78, 5) is 2.34. The molecule has 0 saturated carbocycles. The van der Waals surface area contributed by atoms with Gasteiger partial charge in [-0.15, -0.1) is 0 Å². The van der Waals surface area contributed by atoms with Gasteiger partial charge in [0.2, 0.25) is 0 Å². The fraction of sp³-hybridized carbons (Fsp3) is 0.600. The maximum atomic E-state index is 14.1. The first-order chi connectivity index (χ1) is 8.99. The zero-order chi connectivity index (χ0) is 14.0. The van der Waals surface area contributed by atoms with Crippen LogP contribution in [0.1, 0.15) is 32.4 Å². The van der Waals surface area contributed by atoms with Crippen LogP contribution in [-0.4, -0.2) is 34.5 Å². The smallest absolute Gasteiger partial charge is 0.128 e. The first kappa shape index (κ1) is 14.8. The Balaban J connectivity index is 2.28. The summed E-state index contributed by atoms with van der Waals surface area (Å²) in [6.07, 6.45) is 0. The Kier molecular flexibility index (Phi) is 4.87. The molecule has 1 aliphatic heterocycles. The Morgan fingerprint density at radius 1 is 1.26 bits per heavy atom. The third kappa shape index (κ3) is 3.50. The van der Waals surface area contributed by atoms with E-state index < -0.39 is 0 Å². The van der Waals surface area contributed by atoms with Crippen LogP contribution in [-0.2, 0) is 0 Å². The van der Waals surface area contributed by atoms with Crippen molar-refractivity contribution in [2.24, 2.45) is 5.73 Å². The SMILES string of the molecule is CC1CN(C(c2ccccc2F)C(C)N)CC(C)S1. The van der Waals surface area contributed by atoms with Crippen LogP contribution >= 0.6 is 11.8 Å². The molecule has 4 atom stereocenters. The van der Waals surface area contributed by atoms with Gasteiger partial charge in [0, 0.05) is 35.2 Å². The lowest BCUT2D eigenvalue weighted by Crippen LogP contribution is -2.47. The van der Waals surface area contributed by atoms with E-state index in [2.05, 4.69) is 18.7 Å². The van der Waals surface area contributed by atoms with Crippen LogP contribution in [0.3, 0.4) is 0 Å². The summed E-state index contributed by atoms with van der Waals surface area (Å²) >= 11 is 2.00. The summed E-state index contributed by atoms with van der Waals surface area (Å²) in [6, 6.07) is 6.89. The van der Waals surface area contributed by atoms with Crippen LogP contribution in [0.15, 0.2) is 24.3 Å². The van der Waals surface area contributed by atoms with Crippen molar-refractivity contribution in [1.29, 1.82) is 0 Å². The van der Waals surface area contributed by atoms with Gasteiger partial charge in [-0.05, 0) is 13.0 Å². The minimum Gasteiger partial charge on any atom is -0.326 e. The minimum absolute atomic E-state index is 0.0352. The molecular weight excluding hydrogens is 259 g/mol. The quantitative estimate of drug-likeness (QED) is 0.924. The van der Waals surface area contributed by atoms with Crippen molar-refractivity contribution in [3.05, 3.63) is 35.6 Å². The van der Waals surface area contributed by atoms with Crippen LogP contribution < -0.4 is 5.73 Å². The van der Waals surface area contributed by atoms with E-state index in [9.17, 15) is 4.39 Å². The topological polar surface area (TPSA) is 29.3 Å². The average Bonchev–Trinajstić information content (AvgIpc) is 2.30. The molecule has 4 heteroatoms. The highest BCUT2D eigenvalue weighted by Gasteiger charge is 2.32. The van der Waals surface area contributed by atoms with Gasteiger partial charge in [-0.1, -0.05) is 32.0 Å². The number of nitrogens with zero attached hydrogens (tertiary/aromatic N) is 1. The molecule has 106 valence electrons. The van der Waals surface area contributed by atoms with Crippen molar-refractivity contribution in [3.8, 4) is 0 Å². The summed E-state index contributed by atoms with van der Waals surface area (Å²) in [5, 5.41) is 1.13. The number of benzene rings is 1. The minimum atomic E-state index is -0.150. The van der Waals surface area contributed by atoms with Crippen molar-refractivity contribution in [1.82, 2.24) is 4.90 Å². The highest BCUT2D eigenvalue weighted by molar-refractivity contribution is 8.00. The second-order valence-corrected chi connectivity index (χ2v) is 7.42. The molecule has 0 amide bonds. The predicted molar refractivity (Wildman–Crippen MR) is 80.9 cm³/mol. The van der Waals surface area contributed by atoms with E-state index in [0.29, 0.717) is 10.5 Å². The third-order valence-corrected chi connectivity index (χ3v) is 4.79. The zero-order valence-electron chi connectivity index (χ0n) is 11.8. The lowest BCUT2D eigenvalue weighted by atomic mass is 9.98. The lowest BCUT2D eigenvalue weighted by Gasteiger charge is -2.41. The second kappa shape index (κ2) is 6.25. The number of thioether (sulfide) groups is 1. The van der Waals surface area contributed by atoms with Crippen LogP contribution in [0.2, 0.25) is 0 Å². The van der Waals surface area contributed by atoms with Gasteiger partial charge < -0.3 is 5.73 Å². The van der Waals surface area contributed by atoms with Gasteiger partial charge in [0.1, 0.15) is 5.82 Å². The number of rotatable bonds is 3. The standard InChI is InChI=1S/C15H23FN2S/c1-10-8-18(9-11(2)19-10)15(12(3)17)13-6-4-5-7-14(13)16/h4-7,10-12,15H,8-9,17H2,1-3H3. The van der Waals surface area contributed by atoms with Crippen LogP contribution in [0.5, 0.6) is 0 Å². The highest BCUT2D eigenvalue weighted by Crippen LogP contribution is 2.33. The molecule has 0 radical (unpaired) electrons. The van der Waals surface area contributed by atoms with E-state index in [1.165, 1.54) is 6.07 Å². The molecule has 1 aromatic carbocycles. The molecular formula is C15H23FN2S. The Morgan fingerprint density at radius 3 is 2.37 bits per heavy atom. The molecule has 1 aliphatic rings. The van der Waals surface area contributed by atoms with Crippen molar-refractivity contribution >= 4 is 11.8 Å². The molecule has 0 bridgehead atoms. The predicted octanol–water partition coefficient (Wildman–Crippen LogP) is 3.04. The number of nitrogens with two attached hydrogens (primary N) is 1. The number of halogens is 1. The van der Waals surface area contributed by atoms with Gasteiger partial charge in [-0.3, -0.25) is 4.90 Å². The molecule has 1 heterocycles. The molecule has 1 aromatic rings. The van der Waals surface area contributed by atoms with E-state index >= 15 is 0 Å². The molecule has 4 unspecified atom stereocenters. The lowest BCUT2D eigenvalue weighted by molar-refractivity contribution is 0.170. The van der Waals surface area contributed by atoms with Crippen molar-refractivity contribution < 1.29 is 4.39 Å². The second-order valence-electron chi connectivity index (χ2n) is 5.54. The first-order valence-corrected chi connectivity index (χ1v) is 7.83. The van der Waals surface area contributed by atoms with E-state index in [0.717, 1.165) is 18.7 Å². The summed E-state index contributed by atoms with van der Waals surface area (Å²) in [6.45, 7) is 8.36. The molecule has 19 heavy (non-hydrogen) atoms.